The highest BCUT2D eigenvalue weighted by Crippen LogP contribution is 2.29. The second-order valence-electron chi connectivity index (χ2n) is 8.89. The minimum Gasteiger partial charge on any atom is -0.327 e. The van der Waals surface area contributed by atoms with Gasteiger partial charge in [-0.15, -0.1) is 10.2 Å². The second kappa shape index (κ2) is 9.11. The summed E-state index contributed by atoms with van der Waals surface area (Å²) in [5, 5.41) is 12.3. The first-order valence-electron chi connectivity index (χ1n) is 10.5. The van der Waals surface area contributed by atoms with Crippen molar-refractivity contribution in [2.45, 2.75) is 45.1 Å². The van der Waals surface area contributed by atoms with E-state index in [1.165, 1.54) is 16.9 Å². The number of amides is 2. The van der Waals surface area contributed by atoms with E-state index in [4.69, 9.17) is 0 Å². The molecule has 1 N–H and O–H groups in total. The maximum Gasteiger partial charge on any atom is 0.254 e. The number of hydrogen-bond donors (Lipinski definition) is 1. The number of aromatic nitrogens is 2. The van der Waals surface area contributed by atoms with Crippen LogP contribution >= 0.6 is 27.3 Å². The van der Waals surface area contributed by atoms with Crippen LogP contribution in [-0.2, 0) is 10.2 Å². The van der Waals surface area contributed by atoms with Gasteiger partial charge in [0.15, 0.2) is 0 Å². The largest absolute Gasteiger partial charge is 0.327 e. The van der Waals surface area contributed by atoms with Crippen molar-refractivity contribution in [2.75, 3.05) is 11.9 Å². The Bertz CT molecular complexity index is 1120. The van der Waals surface area contributed by atoms with Gasteiger partial charge in [0.2, 0.25) is 11.0 Å². The fourth-order valence-electron chi connectivity index (χ4n) is 3.73. The first-order valence-corrected chi connectivity index (χ1v) is 12.1. The number of hydrogen-bond acceptors (Lipinski definition) is 5. The Labute approximate surface area is 200 Å². The Kier molecular flexibility index (Phi) is 6.44. The summed E-state index contributed by atoms with van der Waals surface area (Å²) in [4.78, 5) is 27.7. The summed E-state index contributed by atoms with van der Waals surface area (Å²) in [5.41, 5.74) is 2.73. The van der Waals surface area contributed by atoms with Gasteiger partial charge in [-0.25, -0.2) is 0 Å². The number of likely N-dealkylation sites (tertiary alicyclic amines) is 1. The SMILES string of the molecule is CC(C)(C)c1ccc(C(=O)N2CCCC2C(=O)Nc2nnc(-c3ccc(Br)cc3)s2)cc1. The molecule has 2 heterocycles. The van der Waals surface area contributed by atoms with Crippen molar-refractivity contribution in [1.29, 1.82) is 0 Å². The van der Waals surface area contributed by atoms with Gasteiger partial charge in [0, 0.05) is 22.1 Å². The molecule has 4 rings (SSSR count). The lowest BCUT2D eigenvalue weighted by Crippen LogP contribution is -2.43. The van der Waals surface area contributed by atoms with Crippen LogP contribution in [0.4, 0.5) is 5.13 Å². The zero-order chi connectivity index (χ0) is 22.9. The lowest BCUT2D eigenvalue weighted by Gasteiger charge is -2.24. The molecule has 1 saturated heterocycles. The topological polar surface area (TPSA) is 75.2 Å². The van der Waals surface area contributed by atoms with Crippen molar-refractivity contribution in [2.24, 2.45) is 0 Å². The Hall–Kier alpha value is -2.58. The van der Waals surface area contributed by atoms with Crippen LogP contribution in [-0.4, -0.2) is 39.5 Å². The first kappa shape index (κ1) is 22.6. The van der Waals surface area contributed by atoms with Crippen LogP contribution in [0.3, 0.4) is 0 Å². The zero-order valence-corrected chi connectivity index (χ0v) is 20.7. The molecular weight excluding hydrogens is 488 g/mol. The highest BCUT2D eigenvalue weighted by molar-refractivity contribution is 9.10. The van der Waals surface area contributed by atoms with Crippen molar-refractivity contribution in [3.63, 3.8) is 0 Å². The van der Waals surface area contributed by atoms with Gasteiger partial charge in [0.05, 0.1) is 0 Å². The highest BCUT2D eigenvalue weighted by Gasteiger charge is 2.35. The van der Waals surface area contributed by atoms with Crippen LogP contribution < -0.4 is 5.32 Å². The van der Waals surface area contributed by atoms with Crippen LogP contribution in [0.15, 0.2) is 53.0 Å². The maximum absolute atomic E-state index is 13.1. The molecule has 166 valence electrons. The average molecular weight is 513 g/mol. The molecule has 0 spiro atoms. The van der Waals surface area contributed by atoms with E-state index in [1.54, 1.807) is 4.90 Å². The van der Waals surface area contributed by atoms with Crippen molar-refractivity contribution < 1.29 is 9.59 Å². The molecule has 1 unspecified atom stereocenters. The minimum atomic E-state index is -0.509. The van der Waals surface area contributed by atoms with Crippen LogP contribution in [0, 0.1) is 0 Å². The van der Waals surface area contributed by atoms with Crippen LogP contribution in [0.25, 0.3) is 10.6 Å². The molecule has 8 heteroatoms. The highest BCUT2D eigenvalue weighted by atomic mass is 79.9. The number of carbonyl (C=O) groups is 2. The lowest BCUT2D eigenvalue weighted by molar-refractivity contribution is -0.119. The van der Waals surface area contributed by atoms with Gasteiger partial charge in [0.1, 0.15) is 11.0 Å². The molecule has 0 saturated carbocycles. The third kappa shape index (κ3) is 4.91. The van der Waals surface area contributed by atoms with Gasteiger partial charge in [-0.2, -0.15) is 0 Å². The van der Waals surface area contributed by atoms with Crippen LogP contribution in [0.2, 0.25) is 0 Å². The molecule has 1 aliphatic heterocycles. The van der Waals surface area contributed by atoms with E-state index in [1.807, 2.05) is 48.5 Å². The van der Waals surface area contributed by atoms with E-state index >= 15 is 0 Å². The third-order valence-electron chi connectivity index (χ3n) is 5.56. The fourth-order valence-corrected chi connectivity index (χ4v) is 4.75. The molecule has 2 amide bonds. The van der Waals surface area contributed by atoms with Crippen molar-refractivity contribution in [3.05, 3.63) is 64.1 Å². The Morgan fingerprint density at radius 1 is 1.06 bits per heavy atom. The lowest BCUT2D eigenvalue weighted by atomic mass is 9.86. The Morgan fingerprint density at radius 2 is 1.75 bits per heavy atom. The number of nitrogens with zero attached hydrogens (tertiary/aromatic N) is 3. The van der Waals surface area contributed by atoms with Gasteiger partial charge in [-0.1, -0.05) is 72.3 Å². The number of nitrogens with one attached hydrogen (secondary N) is 1. The normalized spacial score (nSPS) is 16.2. The summed E-state index contributed by atoms with van der Waals surface area (Å²) < 4.78 is 0.985. The predicted molar refractivity (Wildman–Crippen MR) is 131 cm³/mol. The van der Waals surface area contributed by atoms with Gasteiger partial charge in [0.25, 0.3) is 5.91 Å². The van der Waals surface area contributed by atoms with Crippen molar-refractivity contribution >= 4 is 44.2 Å². The number of anilines is 1. The summed E-state index contributed by atoms with van der Waals surface area (Å²) in [5.74, 6) is -0.336. The molecule has 3 aromatic rings. The number of rotatable bonds is 4. The number of carbonyl (C=O) groups excluding carboxylic acids is 2. The van der Waals surface area contributed by atoms with Crippen LogP contribution in [0.1, 0.15) is 49.5 Å². The molecular formula is C24H25BrN4O2S. The summed E-state index contributed by atoms with van der Waals surface area (Å²) in [6.07, 6.45) is 1.43. The van der Waals surface area contributed by atoms with E-state index in [0.717, 1.165) is 21.5 Å². The van der Waals surface area contributed by atoms with Gasteiger partial charge in [-0.05, 0) is 48.1 Å². The molecule has 1 fully saturated rings. The molecule has 32 heavy (non-hydrogen) atoms. The third-order valence-corrected chi connectivity index (χ3v) is 6.98. The van der Waals surface area contributed by atoms with Gasteiger partial charge >= 0.3 is 0 Å². The number of halogens is 1. The van der Waals surface area contributed by atoms with E-state index in [0.29, 0.717) is 23.7 Å². The minimum absolute atomic E-state index is 0.0223. The Balaban J connectivity index is 1.44. The molecule has 0 radical (unpaired) electrons. The molecule has 1 aromatic heterocycles. The Morgan fingerprint density at radius 3 is 2.41 bits per heavy atom. The molecule has 0 aliphatic carbocycles. The quantitative estimate of drug-likeness (QED) is 0.500. The summed E-state index contributed by atoms with van der Waals surface area (Å²) >= 11 is 4.73. The zero-order valence-electron chi connectivity index (χ0n) is 18.3. The standard InChI is InChI=1S/C24H25BrN4O2S/c1-24(2,3)17-10-6-16(7-11-17)22(31)29-14-4-5-19(29)20(30)26-23-28-27-21(32-23)15-8-12-18(25)13-9-15/h6-13,19H,4-5,14H2,1-3H3,(H,26,28,30). The fraction of sp³-hybridized carbons (Fsp3) is 0.333. The molecule has 6 nitrogen and oxygen atoms in total. The maximum atomic E-state index is 13.1. The van der Waals surface area contributed by atoms with Crippen LogP contribution in [0.5, 0.6) is 0 Å². The summed E-state index contributed by atoms with van der Waals surface area (Å²) in [6.45, 7) is 6.99. The van der Waals surface area contributed by atoms with E-state index in [9.17, 15) is 9.59 Å². The van der Waals surface area contributed by atoms with Gasteiger partial charge in [-0.3, -0.25) is 14.9 Å². The molecule has 1 atom stereocenters. The van der Waals surface area contributed by atoms with E-state index < -0.39 is 6.04 Å². The van der Waals surface area contributed by atoms with Crippen molar-refractivity contribution in [1.82, 2.24) is 15.1 Å². The smallest absolute Gasteiger partial charge is 0.254 e. The molecule has 2 aromatic carbocycles. The monoisotopic (exact) mass is 512 g/mol. The number of benzene rings is 2. The second-order valence-corrected chi connectivity index (χ2v) is 10.8. The summed E-state index contributed by atoms with van der Waals surface area (Å²) in [6, 6.07) is 14.9. The van der Waals surface area contributed by atoms with E-state index in [-0.39, 0.29) is 17.2 Å². The molecule has 1 aliphatic rings. The van der Waals surface area contributed by atoms with E-state index in [2.05, 4.69) is 52.2 Å². The van der Waals surface area contributed by atoms with Crippen molar-refractivity contribution in [3.8, 4) is 10.6 Å². The first-order chi connectivity index (χ1) is 15.2. The summed E-state index contributed by atoms with van der Waals surface area (Å²) in [7, 11) is 0. The van der Waals surface area contributed by atoms with Gasteiger partial charge < -0.3 is 4.90 Å². The predicted octanol–water partition coefficient (Wildman–Crippen LogP) is 5.51. The average Bonchev–Trinajstić information content (AvgIpc) is 3.43. The molecule has 0 bridgehead atoms.